The molecule has 0 heterocycles. The number of hydrogen-bond acceptors (Lipinski definition) is 2. The summed E-state index contributed by atoms with van der Waals surface area (Å²) in [6.07, 6.45) is 0. The zero-order valence-electron chi connectivity index (χ0n) is 5.11. The summed E-state index contributed by atoms with van der Waals surface area (Å²) in [6.45, 7) is 3.65. The first kappa shape index (κ1) is 12.3. The molecule has 0 atom stereocenters. The summed E-state index contributed by atoms with van der Waals surface area (Å²) in [5.74, 6) is -0.211. The molecule has 0 bridgehead atoms. The third-order valence-electron chi connectivity index (χ3n) is 0.348. The Morgan fingerprint density at radius 1 is 1.67 bits per heavy atom. The molecule has 0 amide bonds. The van der Waals surface area contributed by atoms with Gasteiger partial charge in [0.05, 0.1) is 6.61 Å². The van der Waals surface area contributed by atoms with Crippen LogP contribution < -0.4 is 0 Å². The van der Waals surface area contributed by atoms with Crippen LogP contribution in [0, 0.1) is 0 Å². The molecule has 0 spiro atoms. The van der Waals surface area contributed by atoms with Crippen molar-refractivity contribution < 1.29 is 22.4 Å². The van der Waals surface area contributed by atoms with E-state index in [-0.39, 0.29) is 5.97 Å². The Hall–Kier alpha value is 0.556. The van der Waals surface area contributed by atoms with Gasteiger partial charge in [-0.3, -0.25) is 4.79 Å². The van der Waals surface area contributed by atoms with Gasteiger partial charge in [0, 0.05) is 6.92 Å². The predicted molar refractivity (Wildman–Crippen MR) is 34.0 cm³/mol. The van der Waals surface area contributed by atoms with Gasteiger partial charge < -0.3 is 4.74 Å². The molecule has 0 aliphatic carbocycles. The van der Waals surface area contributed by atoms with E-state index in [1.807, 2.05) is 0 Å². The summed E-state index contributed by atoms with van der Waals surface area (Å²) in [7, 11) is 9.47. The first-order valence-electron chi connectivity index (χ1n) is 2.16. The molecule has 0 fully saturated rings. The van der Waals surface area contributed by atoms with E-state index in [9.17, 15) is 4.79 Å². The minimum atomic E-state index is -0.211. The van der Waals surface area contributed by atoms with E-state index in [1.54, 1.807) is 6.92 Å². The van der Waals surface area contributed by atoms with Crippen molar-refractivity contribution in [3.05, 3.63) is 0 Å². The van der Waals surface area contributed by atoms with Crippen molar-refractivity contribution in [1.82, 2.24) is 0 Å². The van der Waals surface area contributed by atoms with Crippen LogP contribution in [0.3, 0.4) is 0 Å². The van der Waals surface area contributed by atoms with Crippen molar-refractivity contribution in [2.45, 2.75) is 13.8 Å². The second-order valence-corrected chi connectivity index (χ2v) is 2.69. The topological polar surface area (TPSA) is 26.3 Å². The van der Waals surface area contributed by atoms with Gasteiger partial charge in [-0.1, -0.05) is 0 Å². The molecule has 0 aliphatic heterocycles. The number of ether oxygens (including phenoxy) is 1. The fraction of sp³-hybridized carbons (Fsp3) is 0.750. The first-order chi connectivity index (χ1) is 4.18. The summed E-state index contributed by atoms with van der Waals surface area (Å²) in [5.41, 5.74) is 0. The fourth-order valence-electron chi connectivity index (χ4n) is 0.203. The van der Waals surface area contributed by atoms with E-state index in [4.69, 9.17) is 20.3 Å². The Labute approximate surface area is 69.3 Å². The molecule has 0 saturated heterocycles. The average molecular weight is 218 g/mol. The normalized spacial score (nSPS) is 7.56. The number of carbonyl (C=O) groups excluding carboxylic acids is 1. The van der Waals surface area contributed by atoms with E-state index < -0.39 is 0 Å². The van der Waals surface area contributed by atoms with Crippen molar-refractivity contribution >= 4 is 26.3 Å². The summed E-state index contributed by atoms with van der Waals surface area (Å²) in [5, 5.41) is 0. The van der Waals surface area contributed by atoms with Crippen molar-refractivity contribution in [3.8, 4) is 0 Å². The second kappa shape index (κ2) is 11.4. The van der Waals surface area contributed by atoms with E-state index in [2.05, 4.69) is 4.74 Å². The Balaban J connectivity index is 0. The molecule has 0 aromatic rings. The third kappa shape index (κ3) is 29.1. The van der Waals surface area contributed by atoms with E-state index in [0.717, 1.165) is 0 Å². The molecule has 0 saturated carbocycles. The molecular weight excluding hydrogens is 210 g/mol. The summed E-state index contributed by atoms with van der Waals surface area (Å²) < 4.78 is 4.40. The molecule has 0 unspecified atom stereocenters. The number of halogens is 2. The van der Waals surface area contributed by atoms with Crippen molar-refractivity contribution in [2.24, 2.45) is 0 Å². The number of carbonyl (C=O) groups is 1. The molecule has 9 heavy (non-hydrogen) atoms. The standard InChI is InChI=1S/C4H8O2.2ClH.Co/c1-3-6-4(2)5;;;/h3H2,1-2H3;2*1H;/q;;;+2/p-2. The van der Waals surface area contributed by atoms with Gasteiger partial charge in [-0.05, 0) is 6.92 Å². The average Bonchev–Trinajstić information content (AvgIpc) is 1.67. The zero-order valence-corrected chi connectivity index (χ0v) is 7.67. The van der Waals surface area contributed by atoms with Crippen molar-refractivity contribution in [2.75, 3.05) is 6.61 Å². The van der Waals surface area contributed by atoms with Gasteiger partial charge in [0.1, 0.15) is 0 Å². The third-order valence-corrected chi connectivity index (χ3v) is 0.348. The first-order valence-corrected chi connectivity index (χ1v) is 5.02. The molecule has 0 aromatic heterocycles. The second-order valence-electron chi connectivity index (χ2n) is 0.972. The van der Waals surface area contributed by atoms with Crippen LogP contribution in [-0.4, -0.2) is 12.6 Å². The van der Waals surface area contributed by atoms with E-state index in [1.165, 1.54) is 6.92 Å². The number of esters is 1. The maximum atomic E-state index is 9.82. The van der Waals surface area contributed by atoms with Gasteiger partial charge in [0.25, 0.3) is 0 Å². The SMILES string of the molecule is CCOC(C)=O.[Cl][Co][Cl]. The number of hydrogen-bond donors (Lipinski definition) is 0. The summed E-state index contributed by atoms with van der Waals surface area (Å²) >= 11 is 0.382. The van der Waals surface area contributed by atoms with Crippen LogP contribution in [0.15, 0.2) is 0 Å². The molecule has 2 nitrogen and oxygen atoms in total. The summed E-state index contributed by atoms with van der Waals surface area (Å²) in [6, 6.07) is 0. The van der Waals surface area contributed by atoms with E-state index in [0.29, 0.717) is 19.5 Å². The quantitative estimate of drug-likeness (QED) is 0.628. The van der Waals surface area contributed by atoms with E-state index >= 15 is 0 Å². The minimum absolute atomic E-state index is 0.211. The van der Waals surface area contributed by atoms with Gasteiger partial charge in [0.2, 0.25) is 0 Å². The van der Waals surface area contributed by atoms with Gasteiger partial charge in [0.15, 0.2) is 0 Å². The molecule has 0 N–H and O–H groups in total. The maximum absolute atomic E-state index is 9.82. The summed E-state index contributed by atoms with van der Waals surface area (Å²) in [4.78, 5) is 9.82. The molecule has 0 aromatic carbocycles. The van der Waals surface area contributed by atoms with Gasteiger partial charge >= 0.3 is 39.2 Å². The molecule has 0 aliphatic rings. The Morgan fingerprint density at radius 2 is 2.00 bits per heavy atom. The van der Waals surface area contributed by atoms with Crippen LogP contribution in [0.4, 0.5) is 0 Å². The Bertz CT molecular complexity index is 69.6. The fourth-order valence-corrected chi connectivity index (χ4v) is 0.203. The molecule has 0 rings (SSSR count). The zero-order chi connectivity index (χ0) is 7.70. The van der Waals surface area contributed by atoms with Crippen molar-refractivity contribution in [3.63, 3.8) is 0 Å². The van der Waals surface area contributed by atoms with Gasteiger partial charge in [-0.2, -0.15) is 0 Å². The predicted octanol–water partition coefficient (Wildman–Crippen LogP) is 1.95. The van der Waals surface area contributed by atoms with Gasteiger partial charge in [-0.15, -0.1) is 0 Å². The molecular formula is C4H8Cl2CoO2. The molecule has 0 radical (unpaired) electrons. The van der Waals surface area contributed by atoms with Crippen LogP contribution in [-0.2, 0) is 22.4 Å². The van der Waals surface area contributed by atoms with Crippen LogP contribution in [0.2, 0.25) is 0 Å². The van der Waals surface area contributed by atoms with Crippen LogP contribution in [0.1, 0.15) is 13.8 Å². The molecule has 5 heteroatoms. The molecule has 59 valence electrons. The Kier molecular flexibility index (Phi) is 15.5. The van der Waals surface area contributed by atoms with Crippen LogP contribution in [0.25, 0.3) is 0 Å². The van der Waals surface area contributed by atoms with Crippen molar-refractivity contribution in [1.29, 1.82) is 0 Å². The van der Waals surface area contributed by atoms with Crippen LogP contribution in [0.5, 0.6) is 0 Å². The van der Waals surface area contributed by atoms with Gasteiger partial charge in [-0.25, -0.2) is 0 Å². The number of rotatable bonds is 1. The monoisotopic (exact) mass is 217 g/mol. The Morgan fingerprint density at radius 3 is 2.00 bits per heavy atom. The van der Waals surface area contributed by atoms with Crippen LogP contribution >= 0.6 is 20.3 Å².